The Bertz CT molecular complexity index is 264. The molecule has 0 bridgehead atoms. The minimum atomic E-state index is -1.50. The first kappa shape index (κ1) is 18.3. The van der Waals surface area contributed by atoms with Crippen molar-refractivity contribution in [3.63, 3.8) is 0 Å². The van der Waals surface area contributed by atoms with Crippen LogP contribution >= 0.6 is 24.8 Å². The van der Waals surface area contributed by atoms with Gasteiger partial charge < -0.3 is 0 Å². The third kappa shape index (κ3) is 4.37. The van der Waals surface area contributed by atoms with Crippen molar-refractivity contribution in [3.05, 3.63) is 21.6 Å². The van der Waals surface area contributed by atoms with E-state index < -0.39 is 8.32 Å². The molecule has 0 amide bonds. The summed E-state index contributed by atoms with van der Waals surface area (Å²) in [7, 11) is 0.348. The van der Waals surface area contributed by atoms with Gasteiger partial charge in [-0.25, -0.2) is 0 Å². The molecule has 0 saturated carbocycles. The predicted molar refractivity (Wildman–Crippen MR) is 69.2 cm³/mol. The Balaban J connectivity index is 0. The summed E-state index contributed by atoms with van der Waals surface area (Å²) < 4.78 is 7.15. The van der Waals surface area contributed by atoms with Crippen molar-refractivity contribution < 1.29 is 24.9 Å². The minimum Gasteiger partial charge on any atom is -0.147 e. The molecule has 0 saturated heterocycles. The van der Waals surface area contributed by atoms with Crippen molar-refractivity contribution >= 4 is 33.1 Å². The monoisotopic (exact) mass is 301 g/mol. The zero-order valence-electron chi connectivity index (χ0n) is 9.66. The molecule has 87 valence electrons. The Kier molecular flexibility index (Phi) is 8.93. The molecule has 1 nitrogen and oxygen atoms in total. The quantitative estimate of drug-likeness (QED) is 0.720. The predicted octanol–water partition coefficient (Wildman–Crippen LogP) is 3.83. The molecule has 0 aromatic carbocycles. The average Bonchev–Trinajstić information content (AvgIpc) is 2.50. The first-order chi connectivity index (χ1) is 5.99. The van der Waals surface area contributed by atoms with Crippen molar-refractivity contribution in [2.75, 3.05) is 7.11 Å². The molecule has 1 rings (SSSR count). The van der Waals surface area contributed by atoms with Gasteiger partial charge in [-0.15, -0.1) is 24.8 Å². The molecule has 0 aromatic rings. The Hall–Kier alpha value is 0.951. The van der Waals surface area contributed by atoms with Gasteiger partial charge >= 0.3 is 93.9 Å². The van der Waals surface area contributed by atoms with Gasteiger partial charge in [-0.05, 0) is 0 Å². The van der Waals surface area contributed by atoms with Crippen LogP contribution in [0.15, 0.2) is 21.6 Å². The fourth-order valence-corrected chi connectivity index (χ4v) is 3.73. The van der Waals surface area contributed by atoms with Crippen LogP contribution in [0.2, 0.25) is 18.6 Å². The number of rotatable bonds is 3. The van der Waals surface area contributed by atoms with Gasteiger partial charge in [-0.3, -0.25) is 0 Å². The van der Waals surface area contributed by atoms with Crippen molar-refractivity contribution in [1.29, 1.82) is 0 Å². The van der Waals surface area contributed by atoms with Crippen LogP contribution in [0.1, 0.15) is 13.3 Å². The topological polar surface area (TPSA) is 9.23 Å². The molecule has 1 unspecified atom stereocenters. The van der Waals surface area contributed by atoms with E-state index in [2.05, 4.69) is 52.6 Å². The van der Waals surface area contributed by atoms with Crippen LogP contribution in [0.4, 0.5) is 0 Å². The molecule has 1 atom stereocenters. The molecule has 0 heterocycles. The summed E-state index contributed by atoms with van der Waals surface area (Å²) >= 11 is 2.23. The molecular formula is C10H19Cl2OSiTi. The largest absolute Gasteiger partial charge is 0.147 e. The normalized spacial score (nSPS) is 17.0. The molecular weight excluding hydrogens is 283 g/mol. The third-order valence-corrected chi connectivity index (χ3v) is 7.22. The van der Waals surface area contributed by atoms with E-state index in [1.807, 2.05) is 7.11 Å². The number of allylic oxidation sites excluding steroid dienone is 4. The van der Waals surface area contributed by atoms with Crippen LogP contribution in [-0.2, 0) is 24.9 Å². The number of hydrogen-bond acceptors (Lipinski definition) is 1. The fourth-order valence-electron chi connectivity index (χ4n) is 1.48. The van der Waals surface area contributed by atoms with Gasteiger partial charge in [0.25, 0.3) is 0 Å². The Labute approximate surface area is 118 Å². The van der Waals surface area contributed by atoms with Crippen LogP contribution in [0.3, 0.4) is 0 Å². The molecule has 1 aliphatic rings. The van der Waals surface area contributed by atoms with E-state index >= 15 is 0 Å². The SMILES string of the molecule is CO[Si](C)(C)C(C)C1=[C]([Ti])CC=C1.Cl.Cl. The van der Waals surface area contributed by atoms with Gasteiger partial charge in [0.05, 0.1) is 0 Å². The Morgan fingerprint density at radius 2 is 1.93 bits per heavy atom. The summed E-state index contributed by atoms with van der Waals surface area (Å²) in [5.74, 6) is 0. The van der Waals surface area contributed by atoms with Crippen LogP contribution in [0, 0.1) is 0 Å². The van der Waals surface area contributed by atoms with Crippen molar-refractivity contribution in [1.82, 2.24) is 0 Å². The second kappa shape index (κ2) is 7.31. The van der Waals surface area contributed by atoms with Gasteiger partial charge in [-0.1, -0.05) is 0 Å². The Morgan fingerprint density at radius 1 is 1.40 bits per heavy atom. The maximum Gasteiger partial charge on any atom is -0.147 e. The first-order valence-electron chi connectivity index (χ1n) is 4.65. The van der Waals surface area contributed by atoms with Gasteiger partial charge in [0, 0.05) is 0 Å². The molecule has 0 fully saturated rings. The zero-order valence-corrected chi connectivity index (χ0v) is 13.9. The van der Waals surface area contributed by atoms with E-state index in [9.17, 15) is 0 Å². The van der Waals surface area contributed by atoms with Gasteiger partial charge in [0.2, 0.25) is 0 Å². The van der Waals surface area contributed by atoms with E-state index in [0.717, 1.165) is 6.42 Å². The minimum absolute atomic E-state index is 0. The smallest absolute Gasteiger partial charge is 0.147 e. The molecule has 0 N–H and O–H groups in total. The average molecular weight is 302 g/mol. The van der Waals surface area contributed by atoms with E-state index in [-0.39, 0.29) is 24.8 Å². The second-order valence-corrected chi connectivity index (χ2v) is 9.49. The summed E-state index contributed by atoms with van der Waals surface area (Å²) in [5.41, 5.74) is 2.12. The van der Waals surface area contributed by atoms with Crippen molar-refractivity contribution in [2.45, 2.75) is 32.0 Å². The third-order valence-electron chi connectivity index (χ3n) is 3.00. The molecule has 0 spiro atoms. The van der Waals surface area contributed by atoms with Crippen molar-refractivity contribution in [3.8, 4) is 0 Å². The molecule has 0 aliphatic heterocycles. The molecule has 0 aromatic heterocycles. The zero-order chi connectivity index (χ0) is 10.1. The summed E-state index contributed by atoms with van der Waals surface area (Å²) in [6.07, 6.45) is 5.66. The number of halogens is 2. The standard InChI is InChI=1S/C10H17OSi.2ClH.Ti/c1-9(12(3,4)11-2)10-7-5-6-8-10;;;/h5,7,9H,6H2,1-4H3;2*1H;. The van der Waals surface area contributed by atoms with Crippen LogP contribution in [0.5, 0.6) is 0 Å². The van der Waals surface area contributed by atoms with E-state index in [4.69, 9.17) is 4.43 Å². The molecule has 5 heteroatoms. The molecule has 1 aliphatic carbocycles. The fraction of sp³-hybridized carbons (Fsp3) is 0.600. The maximum atomic E-state index is 5.63. The number of hydrogen-bond donors (Lipinski definition) is 0. The molecule has 15 heavy (non-hydrogen) atoms. The van der Waals surface area contributed by atoms with Crippen LogP contribution < -0.4 is 0 Å². The van der Waals surface area contributed by atoms with Crippen LogP contribution in [-0.4, -0.2) is 15.4 Å². The van der Waals surface area contributed by atoms with Gasteiger partial charge in [0.1, 0.15) is 0 Å². The summed E-state index contributed by atoms with van der Waals surface area (Å²) in [4.78, 5) is 0. The van der Waals surface area contributed by atoms with Gasteiger partial charge in [0.15, 0.2) is 0 Å². The maximum absolute atomic E-state index is 5.63. The first-order valence-corrected chi connectivity index (χ1v) is 8.42. The van der Waals surface area contributed by atoms with E-state index in [1.165, 1.54) is 9.45 Å². The van der Waals surface area contributed by atoms with E-state index in [1.54, 1.807) is 0 Å². The summed E-state index contributed by atoms with van der Waals surface area (Å²) in [6.45, 7) is 6.86. The summed E-state index contributed by atoms with van der Waals surface area (Å²) in [6, 6.07) is 0. The Morgan fingerprint density at radius 3 is 2.27 bits per heavy atom. The van der Waals surface area contributed by atoms with Crippen molar-refractivity contribution in [2.24, 2.45) is 0 Å². The van der Waals surface area contributed by atoms with Gasteiger partial charge in [-0.2, -0.15) is 0 Å². The second-order valence-electron chi connectivity index (χ2n) is 4.07. The van der Waals surface area contributed by atoms with E-state index in [0.29, 0.717) is 5.54 Å². The van der Waals surface area contributed by atoms with Crippen LogP contribution in [0.25, 0.3) is 0 Å². The summed E-state index contributed by atoms with van der Waals surface area (Å²) in [5, 5.41) is 0. The molecule has 0 radical (unpaired) electrons.